The Morgan fingerprint density at radius 1 is 1.25 bits per heavy atom. The summed E-state index contributed by atoms with van der Waals surface area (Å²) in [6.45, 7) is 7.97. The lowest BCUT2D eigenvalue weighted by molar-refractivity contribution is -0.135. The van der Waals surface area contributed by atoms with E-state index in [1.165, 1.54) is 6.26 Å². The number of piperazine rings is 1. The van der Waals surface area contributed by atoms with E-state index in [0.29, 0.717) is 37.2 Å². The summed E-state index contributed by atoms with van der Waals surface area (Å²) in [5.41, 5.74) is 1.03. The number of amides is 1. The molecule has 1 aliphatic heterocycles. The molecule has 9 heteroatoms. The first-order valence-electron chi connectivity index (χ1n) is 9.28. The van der Waals surface area contributed by atoms with Crippen LogP contribution in [0.2, 0.25) is 5.02 Å². The molecule has 1 saturated heterocycles. The number of halogens is 1. The van der Waals surface area contributed by atoms with Gasteiger partial charge in [-0.2, -0.15) is 0 Å². The van der Waals surface area contributed by atoms with Gasteiger partial charge in [-0.1, -0.05) is 23.7 Å². The van der Waals surface area contributed by atoms with Crippen LogP contribution in [0.25, 0.3) is 0 Å². The number of nitrogens with zero attached hydrogens (tertiary/aromatic N) is 3. The molecule has 1 N–H and O–H groups in total. The summed E-state index contributed by atoms with van der Waals surface area (Å²) in [5, 5.41) is 3.83. The van der Waals surface area contributed by atoms with E-state index in [1.54, 1.807) is 13.8 Å². The van der Waals surface area contributed by atoms with Crippen LogP contribution in [-0.2, 0) is 21.2 Å². The van der Waals surface area contributed by atoms with E-state index in [1.807, 2.05) is 41.0 Å². The average Bonchev–Trinajstić information content (AvgIpc) is 2.61. The van der Waals surface area contributed by atoms with Crippen LogP contribution >= 0.6 is 11.6 Å². The summed E-state index contributed by atoms with van der Waals surface area (Å²) in [6, 6.07) is 7.47. The van der Waals surface area contributed by atoms with Crippen molar-refractivity contribution in [3.63, 3.8) is 0 Å². The zero-order chi connectivity index (χ0) is 20.9. The van der Waals surface area contributed by atoms with E-state index in [4.69, 9.17) is 11.6 Å². The van der Waals surface area contributed by atoms with Crippen molar-refractivity contribution < 1.29 is 13.2 Å². The summed E-state index contributed by atoms with van der Waals surface area (Å²) in [5.74, 6) is 0.577. The molecular weight excluding hydrogens is 400 g/mol. The second-order valence-corrected chi connectivity index (χ2v) is 10.7. The van der Waals surface area contributed by atoms with Crippen molar-refractivity contribution in [3.8, 4) is 0 Å². The fourth-order valence-electron chi connectivity index (χ4n) is 2.68. The largest absolute Gasteiger partial charge is 0.357 e. The Labute approximate surface area is 172 Å². The number of aliphatic imine (C=N–C) groups is 1. The Hall–Kier alpha value is -1.80. The first-order valence-corrected chi connectivity index (χ1v) is 11.6. The summed E-state index contributed by atoms with van der Waals surface area (Å²) < 4.78 is 22.9. The smallest absolute Gasteiger partial charge is 0.242 e. The first-order chi connectivity index (χ1) is 13.0. The van der Waals surface area contributed by atoms with Gasteiger partial charge in [0.25, 0.3) is 0 Å². The fraction of sp³-hybridized carbons (Fsp3) is 0.579. The molecule has 156 valence electrons. The van der Waals surface area contributed by atoms with Gasteiger partial charge in [-0.25, -0.2) is 8.42 Å². The molecule has 1 fully saturated rings. The van der Waals surface area contributed by atoms with Crippen molar-refractivity contribution in [2.75, 3.05) is 39.0 Å². The van der Waals surface area contributed by atoms with Crippen molar-refractivity contribution in [1.29, 1.82) is 0 Å². The quantitative estimate of drug-likeness (QED) is 0.551. The Morgan fingerprint density at radius 3 is 2.43 bits per heavy atom. The van der Waals surface area contributed by atoms with Crippen LogP contribution in [0.1, 0.15) is 26.3 Å². The fourth-order valence-corrected chi connectivity index (χ4v) is 3.10. The van der Waals surface area contributed by atoms with Crippen molar-refractivity contribution >= 4 is 33.3 Å². The van der Waals surface area contributed by atoms with Gasteiger partial charge < -0.3 is 15.1 Å². The molecule has 0 saturated carbocycles. The molecule has 0 atom stereocenters. The van der Waals surface area contributed by atoms with E-state index < -0.39 is 14.6 Å². The second-order valence-electron chi connectivity index (χ2n) is 7.57. The summed E-state index contributed by atoms with van der Waals surface area (Å²) in [4.78, 5) is 20.8. The van der Waals surface area contributed by atoms with Crippen LogP contribution in [0.3, 0.4) is 0 Å². The number of carbonyl (C=O) groups excluding carboxylic acids is 1. The minimum Gasteiger partial charge on any atom is -0.357 e. The lowest BCUT2D eigenvalue weighted by Crippen LogP contribution is -2.55. The Kier molecular flexibility index (Phi) is 7.33. The maximum absolute atomic E-state index is 12.6. The zero-order valence-electron chi connectivity index (χ0n) is 16.9. The number of sulfone groups is 1. The van der Waals surface area contributed by atoms with Gasteiger partial charge in [-0.15, -0.1) is 0 Å². The normalized spacial score (nSPS) is 16.5. The van der Waals surface area contributed by atoms with Crippen LogP contribution in [-0.4, -0.2) is 73.8 Å². The molecule has 28 heavy (non-hydrogen) atoms. The third kappa shape index (κ3) is 5.85. The molecule has 0 aromatic heterocycles. The summed E-state index contributed by atoms with van der Waals surface area (Å²) in [6.07, 6.45) is 1.22. The van der Waals surface area contributed by atoms with E-state index >= 15 is 0 Å². The number of carbonyl (C=O) groups is 1. The average molecular weight is 429 g/mol. The van der Waals surface area contributed by atoms with E-state index in [2.05, 4.69) is 10.3 Å². The van der Waals surface area contributed by atoms with Gasteiger partial charge >= 0.3 is 0 Å². The zero-order valence-corrected chi connectivity index (χ0v) is 18.5. The predicted octanol–water partition coefficient (Wildman–Crippen LogP) is 1.77. The molecule has 7 nitrogen and oxygen atoms in total. The molecular formula is C19H29ClN4O3S. The summed E-state index contributed by atoms with van der Waals surface area (Å²) in [7, 11) is -3.24. The number of hydrogen-bond donors (Lipinski definition) is 1. The van der Waals surface area contributed by atoms with E-state index in [-0.39, 0.29) is 19.0 Å². The van der Waals surface area contributed by atoms with Crippen LogP contribution in [0.5, 0.6) is 0 Å². The maximum atomic E-state index is 12.6. The Balaban J connectivity index is 2.05. The third-order valence-corrected chi connectivity index (χ3v) is 7.24. The molecule has 1 aromatic carbocycles. The molecule has 0 bridgehead atoms. The highest BCUT2D eigenvalue weighted by Crippen LogP contribution is 2.16. The molecule has 0 radical (unpaired) electrons. The molecule has 0 aliphatic carbocycles. The number of hydrogen-bond acceptors (Lipinski definition) is 4. The minimum absolute atomic E-state index is 0.00850. The Morgan fingerprint density at radius 2 is 1.89 bits per heavy atom. The molecule has 1 aromatic rings. The van der Waals surface area contributed by atoms with Crippen molar-refractivity contribution in [1.82, 2.24) is 15.1 Å². The van der Waals surface area contributed by atoms with Gasteiger partial charge in [0.15, 0.2) is 15.8 Å². The first kappa shape index (κ1) is 22.5. The summed E-state index contributed by atoms with van der Waals surface area (Å²) >= 11 is 5.91. The lowest BCUT2D eigenvalue weighted by atomic mass is 10.2. The molecule has 0 spiro atoms. The molecule has 1 aliphatic rings. The number of guanidine groups is 1. The molecule has 0 unspecified atom stereocenters. The minimum atomic E-state index is -3.24. The van der Waals surface area contributed by atoms with E-state index in [0.717, 1.165) is 5.56 Å². The SMILES string of the molecule is CCNC(=NCC(C)(C)S(C)(=O)=O)N1CCN(Cc2ccc(Cl)cc2)C(=O)C1. The van der Waals surface area contributed by atoms with Crippen LogP contribution in [0.15, 0.2) is 29.3 Å². The van der Waals surface area contributed by atoms with E-state index in [9.17, 15) is 13.2 Å². The maximum Gasteiger partial charge on any atom is 0.242 e. The van der Waals surface area contributed by atoms with Gasteiger partial charge in [-0.05, 0) is 38.5 Å². The van der Waals surface area contributed by atoms with Crippen LogP contribution < -0.4 is 5.32 Å². The van der Waals surface area contributed by atoms with Crippen molar-refractivity contribution in [3.05, 3.63) is 34.9 Å². The Bertz CT molecular complexity index is 822. The highest BCUT2D eigenvalue weighted by atomic mass is 35.5. The van der Waals surface area contributed by atoms with Crippen LogP contribution in [0, 0.1) is 0 Å². The van der Waals surface area contributed by atoms with Gasteiger partial charge in [0.1, 0.15) is 0 Å². The highest BCUT2D eigenvalue weighted by Gasteiger charge is 2.31. The van der Waals surface area contributed by atoms with Gasteiger partial charge in [0, 0.05) is 37.5 Å². The second kappa shape index (κ2) is 9.13. The standard InChI is InChI=1S/C19H29ClN4O3S/c1-5-21-18(22-14-19(2,3)28(4,26)27)24-11-10-23(17(25)13-24)12-15-6-8-16(20)9-7-15/h6-9H,5,10-14H2,1-4H3,(H,21,22). The topological polar surface area (TPSA) is 82.1 Å². The van der Waals surface area contributed by atoms with Gasteiger partial charge in [0.05, 0.1) is 17.8 Å². The number of rotatable bonds is 6. The number of benzene rings is 1. The van der Waals surface area contributed by atoms with Gasteiger partial charge in [-0.3, -0.25) is 9.79 Å². The highest BCUT2D eigenvalue weighted by molar-refractivity contribution is 7.92. The van der Waals surface area contributed by atoms with Gasteiger partial charge in [0.2, 0.25) is 5.91 Å². The van der Waals surface area contributed by atoms with Crippen molar-refractivity contribution in [2.45, 2.75) is 32.1 Å². The lowest BCUT2D eigenvalue weighted by Gasteiger charge is -2.36. The number of nitrogens with one attached hydrogen (secondary N) is 1. The molecule has 2 rings (SSSR count). The monoisotopic (exact) mass is 428 g/mol. The molecule has 1 amide bonds. The molecule has 1 heterocycles. The van der Waals surface area contributed by atoms with Crippen molar-refractivity contribution in [2.24, 2.45) is 4.99 Å². The third-order valence-electron chi connectivity index (χ3n) is 4.85. The van der Waals surface area contributed by atoms with Crippen LogP contribution in [0.4, 0.5) is 0 Å². The predicted molar refractivity (Wildman–Crippen MR) is 113 cm³/mol.